The molecule has 0 aliphatic carbocycles. The normalized spacial score (nSPS) is 24.3. The van der Waals surface area contributed by atoms with Gasteiger partial charge in [0.05, 0.1) is 6.61 Å². The maximum Gasteiger partial charge on any atom is 0.279 e. The van der Waals surface area contributed by atoms with Crippen LogP contribution in [0.2, 0.25) is 0 Å². The number of hydrogen-bond donors (Lipinski definition) is 2. The third-order valence-corrected chi connectivity index (χ3v) is 4.04. The van der Waals surface area contributed by atoms with E-state index in [4.69, 9.17) is 5.11 Å². The van der Waals surface area contributed by atoms with Gasteiger partial charge < -0.3 is 5.11 Å². The van der Waals surface area contributed by atoms with Crippen molar-refractivity contribution in [1.82, 2.24) is 9.03 Å². The summed E-state index contributed by atoms with van der Waals surface area (Å²) < 4.78 is 27.2. The molecule has 1 rings (SSSR count). The van der Waals surface area contributed by atoms with Crippen LogP contribution >= 0.6 is 0 Å². The van der Waals surface area contributed by atoms with Gasteiger partial charge in [-0.15, -0.1) is 0 Å². The highest BCUT2D eigenvalue weighted by Crippen LogP contribution is 2.19. The van der Waals surface area contributed by atoms with Gasteiger partial charge in [-0.2, -0.15) is 12.7 Å². The zero-order valence-electron chi connectivity index (χ0n) is 8.44. The molecule has 14 heavy (non-hydrogen) atoms. The largest absolute Gasteiger partial charge is 0.395 e. The summed E-state index contributed by atoms with van der Waals surface area (Å²) in [5.74, 6) is 0. The molecule has 1 saturated heterocycles. The van der Waals surface area contributed by atoms with Gasteiger partial charge in [-0.05, 0) is 19.3 Å². The van der Waals surface area contributed by atoms with E-state index >= 15 is 0 Å². The molecule has 0 aromatic heterocycles. The van der Waals surface area contributed by atoms with Crippen molar-refractivity contribution in [3.05, 3.63) is 0 Å². The predicted octanol–water partition coefficient (Wildman–Crippen LogP) is -0.313. The summed E-state index contributed by atoms with van der Waals surface area (Å²) in [6, 6.07) is -0.232. The second kappa shape index (κ2) is 5.06. The smallest absolute Gasteiger partial charge is 0.279 e. The van der Waals surface area contributed by atoms with Crippen LogP contribution in [0.25, 0.3) is 0 Å². The average molecular weight is 222 g/mol. The molecule has 5 nitrogen and oxygen atoms in total. The van der Waals surface area contributed by atoms with Crippen LogP contribution in [0.3, 0.4) is 0 Å². The SMILES string of the molecule is CCCNS(=O)(=O)N1CCC[C@@H]1CO. The van der Waals surface area contributed by atoms with E-state index in [1.54, 1.807) is 0 Å². The Morgan fingerprint density at radius 3 is 2.86 bits per heavy atom. The first-order chi connectivity index (χ1) is 6.61. The molecule has 0 spiro atoms. The number of nitrogens with one attached hydrogen (secondary N) is 1. The first-order valence-electron chi connectivity index (χ1n) is 4.99. The first-order valence-corrected chi connectivity index (χ1v) is 6.43. The average Bonchev–Trinajstić information content (AvgIpc) is 2.63. The van der Waals surface area contributed by atoms with Gasteiger partial charge >= 0.3 is 0 Å². The minimum atomic E-state index is -3.36. The van der Waals surface area contributed by atoms with Crippen molar-refractivity contribution >= 4 is 10.2 Å². The Kier molecular flexibility index (Phi) is 4.31. The fourth-order valence-corrected chi connectivity index (χ4v) is 3.18. The van der Waals surface area contributed by atoms with Crippen molar-refractivity contribution in [3.8, 4) is 0 Å². The van der Waals surface area contributed by atoms with Crippen molar-refractivity contribution in [3.63, 3.8) is 0 Å². The first kappa shape index (κ1) is 11.9. The maximum atomic E-state index is 11.7. The van der Waals surface area contributed by atoms with Crippen LogP contribution in [0.4, 0.5) is 0 Å². The van der Waals surface area contributed by atoms with Gasteiger partial charge in [0.25, 0.3) is 10.2 Å². The van der Waals surface area contributed by atoms with Gasteiger partial charge in [0.2, 0.25) is 0 Å². The summed E-state index contributed by atoms with van der Waals surface area (Å²) in [6.45, 7) is 2.80. The Hall–Kier alpha value is -0.170. The lowest BCUT2D eigenvalue weighted by Gasteiger charge is -2.22. The van der Waals surface area contributed by atoms with Gasteiger partial charge in [-0.25, -0.2) is 4.72 Å². The van der Waals surface area contributed by atoms with Crippen molar-refractivity contribution in [2.75, 3.05) is 19.7 Å². The minimum Gasteiger partial charge on any atom is -0.395 e. The Morgan fingerprint density at radius 1 is 1.57 bits per heavy atom. The molecule has 2 N–H and O–H groups in total. The summed E-state index contributed by atoms with van der Waals surface area (Å²) >= 11 is 0. The van der Waals surface area contributed by atoms with E-state index < -0.39 is 10.2 Å². The van der Waals surface area contributed by atoms with Gasteiger partial charge in [-0.3, -0.25) is 0 Å². The summed E-state index contributed by atoms with van der Waals surface area (Å²) in [6.07, 6.45) is 2.36. The molecule has 1 aliphatic heterocycles. The zero-order chi connectivity index (χ0) is 10.6. The van der Waals surface area contributed by atoms with Gasteiger partial charge in [0.15, 0.2) is 0 Å². The molecule has 1 fully saturated rings. The van der Waals surface area contributed by atoms with Crippen LogP contribution in [0.5, 0.6) is 0 Å². The topological polar surface area (TPSA) is 69.6 Å². The molecule has 0 amide bonds. The Bertz CT molecular complexity index is 266. The summed E-state index contributed by atoms with van der Waals surface area (Å²) in [5, 5.41) is 8.99. The Balaban J connectivity index is 2.61. The summed E-state index contributed by atoms with van der Waals surface area (Å²) in [7, 11) is -3.36. The van der Waals surface area contributed by atoms with Crippen LogP contribution in [-0.4, -0.2) is 43.6 Å². The fourth-order valence-electron chi connectivity index (χ4n) is 1.62. The van der Waals surface area contributed by atoms with E-state index in [0.29, 0.717) is 13.1 Å². The highest BCUT2D eigenvalue weighted by molar-refractivity contribution is 7.87. The molecule has 1 atom stereocenters. The molecule has 0 bridgehead atoms. The fraction of sp³-hybridized carbons (Fsp3) is 1.00. The van der Waals surface area contributed by atoms with Crippen molar-refractivity contribution in [2.24, 2.45) is 0 Å². The van der Waals surface area contributed by atoms with E-state index in [1.807, 2.05) is 6.92 Å². The Morgan fingerprint density at radius 2 is 2.29 bits per heavy atom. The second-order valence-corrected chi connectivity index (χ2v) is 5.20. The van der Waals surface area contributed by atoms with Crippen LogP contribution < -0.4 is 4.72 Å². The summed E-state index contributed by atoms with van der Waals surface area (Å²) in [5.41, 5.74) is 0. The van der Waals surface area contributed by atoms with Crippen LogP contribution in [0, 0.1) is 0 Å². The molecule has 1 aliphatic rings. The third-order valence-electron chi connectivity index (χ3n) is 2.38. The van der Waals surface area contributed by atoms with E-state index in [2.05, 4.69) is 4.72 Å². The summed E-state index contributed by atoms with van der Waals surface area (Å²) in [4.78, 5) is 0. The third kappa shape index (κ3) is 2.66. The second-order valence-electron chi connectivity index (χ2n) is 3.49. The molecule has 0 aromatic carbocycles. The molecule has 0 radical (unpaired) electrons. The standard InChI is InChI=1S/C8H18N2O3S/c1-2-5-9-14(12,13)10-6-3-4-8(10)7-11/h8-9,11H,2-7H2,1H3/t8-/m1/s1. The predicted molar refractivity (Wildman–Crippen MR) is 54.0 cm³/mol. The van der Waals surface area contributed by atoms with Crippen molar-refractivity contribution < 1.29 is 13.5 Å². The van der Waals surface area contributed by atoms with Gasteiger partial charge in [0, 0.05) is 19.1 Å². The molecule has 0 saturated carbocycles. The minimum absolute atomic E-state index is 0.0902. The molecule has 0 unspecified atom stereocenters. The van der Waals surface area contributed by atoms with Crippen LogP contribution in [0.15, 0.2) is 0 Å². The monoisotopic (exact) mass is 222 g/mol. The van der Waals surface area contributed by atoms with E-state index in [9.17, 15) is 8.42 Å². The highest BCUT2D eigenvalue weighted by atomic mass is 32.2. The van der Waals surface area contributed by atoms with Crippen molar-refractivity contribution in [2.45, 2.75) is 32.2 Å². The quantitative estimate of drug-likeness (QED) is 0.670. The highest BCUT2D eigenvalue weighted by Gasteiger charge is 2.32. The maximum absolute atomic E-state index is 11.7. The van der Waals surface area contributed by atoms with E-state index in [1.165, 1.54) is 4.31 Å². The molecular weight excluding hydrogens is 204 g/mol. The number of aliphatic hydroxyl groups is 1. The molecule has 1 heterocycles. The lowest BCUT2D eigenvalue weighted by atomic mass is 10.2. The van der Waals surface area contributed by atoms with Crippen LogP contribution in [0.1, 0.15) is 26.2 Å². The van der Waals surface area contributed by atoms with Crippen LogP contribution in [-0.2, 0) is 10.2 Å². The van der Waals surface area contributed by atoms with Gasteiger partial charge in [-0.1, -0.05) is 6.92 Å². The number of hydrogen-bond acceptors (Lipinski definition) is 3. The lowest BCUT2D eigenvalue weighted by molar-refractivity contribution is 0.212. The van der Waals surface area contributed by atoms with Gasteiger partial charge in [0.1, 0.15) is 0 Å². The molecule has 84 valence electrons. The Labute approximate surface area is 85.3 Å². The van der Waals surface area contributed by atoms with Crippen molar-refractivity contribution in [1.29, 1.82) is 0 Å². The number of aliphatic hydroxyl groups excluding tert-OH is 1. The molecule has 0 aromatic rings. The van der Waals surface area contributed by atoms with E-state index in [0.717, 1.165) is 19.3 Å². The number of nitrogens with zero attached hydrogens (tertiary/aromatic N) is 1. The lowest BCUT2D eigenvalue weighted by Crippen LogP contribution is -2.44. The molecular formula is C8H18N2O3S. The van der Waals surface area contributed by atoms with E-state index in [-0.39, 0.29) is 12.6 Å². The zero-order valence-corrected chi connectivity index (χ0v) is 9.26. The number of rotatable bonds is 5. The molecule has 6 heteroatoms.